The molecule has 0 spiro atoms. The fourth-order valence-electron chi connectivity index (χ4n) is 7.44. The molecule has 0 atom stereocenters. The van der Waals surface area contributed by atoms with Crippen molar-refractivity contribution in [3.05, 3.63) is 170 Å². The molecule has 0 unspecified atom stereocenters. The fraction of sp³-hybridized carbons (Fsp3) is 0. The second kappa shape index (κ2) is 10.5. The summed E-state index contributed by atoms with van der Waals surface area (Å²) in [6.07, 6.45) is 2.11. The average Bonchev–Trinajstić information content (AvgIpc) is 3.74. The maximum Gasteiger partial charge on any atom is 0.237 e. The lowest BCUT2D eigenvalue weighted by Gasteiger charge is -2.15. The highest BCUT2D eigenvalue weighted by Crippen LogP contribution is 2.41. The summed E-state index contributed by atoms with van der Waals surface area (Å²) >= 11 is 0. The molecule has 0 saturated heterocycles. The van der Waals surface area contributed by atoms with E-state index in [1.165, 1.54) is 37.9 Å². The third kappa shape index (κ3) is 3.96. The largest absolute Gasteiger partial charge is 0.301 e. The summed E-state index contributed by atoms with van der Waals surface area (Å²) < 4.78 is 4.41. The quantitative estimate of drug-likeness (QED) is 0.198. The lowest BCUT2D eigenvalue weighted by Crippen LogP contribution is -2.05. The Bertz CT molecular complexity index is 2840. The molecular weight excluding hydrogens is 585 g/mol. The van der Waals surface area contributed by atoms with Gasteiger partial charge in [-0.15, -0.1) is 0 Å². The van der Waals surface area contributed by atoms with Gasteiger partial charge in [0.15, 0.2) is 5.65 Å². The van der Waals surface area contributed by atoms with E-state index in [-0.39, 0.29) is 0 Å². The van der Waals surface area contributed by atoms with Crippen molar-refractivity contribution >= 4 is 54.4 Å². The van der Waals surface area contributed by atoms with Crippen LogP contribution >= 0.6 is 0 Å². The number of nitrogens with zero attached hydrogens (tertiary/aromatic N) is 4. The van der Waals surface area contributed by atoms with E-state index >= 15 is 0 Å². The van der Waals surface area contributed by atoms with Crippen LogP contribution in [0.5, 0.6) is 0 Å². The predicted octanol–water partition coefficient (Wildman–Crippen LogP) is 11.2. The molecule has 3 heterocycles. The molecule has 0 N–H and O–H groups in total. The number of para-hydroxylation sites is 2. The topological polar surface area (TPSA) is 35.6 Å². The number of aromatic nitrogens is 4. The van der Waals surface area contributed by atoms with E-state index < -0.39 is 0 Å². The molecular formula is C44H28N4. The van der Waals surface area contributed by atoms with Gasteiger partial charge < -0.3 is 4.57 Å². The third-order valence-corrected chi connectivity index (χ3v) is 9.59. The molecule has 48 heavy (non-hydrogen) atoms. The van der Waals surface area contributed by atoms with Gasteiger partial charge in [0.1, 0.15) is 0 Å². The standard InChI is InChI=1S/C44H28N4/c1-2-16-31(17-3-1)47-28-27-38-42(36-21-9-8-20-35(36)34-23-12-15-29-13-4-6-18-32(29)34)45-44(46-43(38)47)48-39-24-11-10-22-37(39)41-33-19-7-5-14-30(33)25-26-40(41)48/h1-28H. The van der Waals surface area contributed by atoms with Gasteiger partial charge in [0.05, 0.1) is 16.7 Å². The molecule has 0 aliphatic heterocycles. The highest BCUT2D eigenvalue weighted by molar-refractivity contribution is 6.21. The van der Waals surface area contributed by atoms with Crippen molar-refractivity contribution in [1.29, 1.82) is 0 Å². The molecule has 0 bridgehead atoms. The number of hydrogen-bond acceptors (Lipinski definition) is 2. The number of benzene rings is 7. The second-order valence-corrected chi connectivity index (χ2v) is 12.2. The van der Waals surface area contributed by atoms with Crippen molar-refractivity contribution in [3.8, 4) is 34.0 Å². The maximum absolute atomic E-state index is 5.51. The molecule has 7 aromatic carbocycles. The van der Waals surface area contributed by atoms with Gasteiger partial charge >= 0.3 is 0 Å². The van der Waals surface area contributed by atoms with E-state index in [0.717, 1.165) is 44.6 Å². The second-order valence-electron chi connectivity index (χ2n) is 12.2. The Morgan fingerprint density at radius 3 is 1.90 bits per heavy atom. The lowest BCUT2D eigenvalue weighted by molar-refractivity contribution is 0.989. The zero-order valence-corrected chi connectivity index (χ0v) is 26.0. The smallest absolute Gasteiger partial charge is 0.237 e. The van der Waals surface area contributed by atoms with Crippen molar-refractivity contribution in [1.82, 2.24) is 19.1 Å². The first-order valence-electron chi connectivity index (χ1n) is 16.3. The van der Waals surface area contributed by atoms with Crippen LogP contribution in [0.15, 0.2) is 170 Å². The summed E-state index contributed by atoms with van der Waals surface area (Å²) in [5, 5.41) is 8.27. The first-order chi connectivity index (χ1) is 23.8. The van der Waals surface area contributed by atoms with Crippen LogP contribution in [0.25, 0.3) is 88.4 Å². The fourth-order valence-corrected chi connectivity index (χ4v) is 7.44. The summed E-state index contributed by atoms with van der Waals surface area (Å²) in [6.45, 7) is 0. The Labute approximate surface area is 276 Å². The Morgan fingerprint density at radius 1 is 0.396 bits per heavy atom. The summed E-state index contributed by atoms with van der Waals surface area (Å²) in [7, 11) is 0. The van der Waals surface area contributed by atoms with Crippen LogP contribution in [0, 0.1) is 0 Å². The van der Waals surface area contributed by atoms with Crippen LogP contribution in [0.4, 0.5) is 0 Å². The normalized spacial score (nSPS) is 11.8. The summed E-state index contributed by atoms with van der Waals surface area (Å²) in [6, 6.07) is 58.0. The number of fused-ring (bicyclic) bond motifs is 7. The SMILES string of the molecule is c1ccc(-n2ccc3c(-c4ccccc4-c4cccc5ccccc45)nc(-n4c5ccccc5c5c6ccccc6ccc54)nc32)cc1. The molecule has 0 radical (unpaired) electrons. The molecule has 10 aromatic rings. The minimum absolute atomic E-state index is 0.641. The first kappa shape index (κ1) is 26.7. The molecule has 224 valence electrons. The Hall–Kier alpha value is -6.52. The molecule has 0 saturated carbocycles. The Balaban J connectivity index is 1.33. The number of hydrogen-bond donors (Lipinski definition) is 0. The third-order valence-electron chi connectivity index (χ3n) is 9.59. The minimum Gasteiger partial charge on any atom is -0.301 e. The molecule has 10 rings (SSSR count). The van der Waals surface area contributed by atoms with Gasteiger partial charge in [-0.1, -0.05) is 133 Å². The number of rotatable bonds is 4. The van der Waals surface area contributed by atoms with Gasteiger partial charge in [-0.05, 0) is 63.0 Å². The van der Waals surface area contributed by atoms with E-state index in [0.29, 0.717) is 5.95 Å². The van der Waals surface area contributed by atoms with Crippen molar-refractivity contribution in [2.45, 2.75) is 0 Å². The van der Waals surface area contributed by atoms with Gasteiger partial charge in [-0.3, -0.25) is 4.57 Å². The minimum atomic E-state index is 0.641. The average molecular weight is 613 g/mol. The van der Waals surface area contributed by atoms with E-state index in [4.69, 9.17) is 9.97 Å². The maximum atomic E-state index is 5.51. The van der Waals surface area contributed by atoms with Crippen LogP contribution < -0.4 is 0 Å². The van der Waals surface area contributed by atoms with Gasteiger partial charge in [0.25, 0.3) is 0 Å². The van der Waals surface area contributed by atoms with Crippen LogP contribution in [-0.4, -0.2) is 19.1 Å². The molecule has 0 aliphatic carbocycles. The predicted molar refractivity (Wildman–Crippen MR) is 199 cm³/mol. The lowest BCUT2D eigenvalue weighted by atomic mass is 9.92. The molecule has 0 fully saturated rings. The molecule has 4 nitrogen and oxygen atoms in total. The Kier molecular flexibility index (Phi) is 5.84. The van der Waals surface area contributed by atoms with Crippen molar-refractivity contribution < 1.29 is 0 Å². The van der Waals surface area contributed by atoms with Crippen molar-refractivity contribution in [2.75, 3.05) is 0 Å². The van der Waals surface area contributed by atoms with Gasteiger partial charge in [-0.25, -0.2) is 4.98 Å². The summed E-state index contributed by atoms with van der Waals surface area (Å²) in [5.41, 5.74) is 8.37. The zero-order valence-electron chi connectivity index (χ0n) is 26.0. The van der Waals surface area contributed by atoms with Crippen LogP contribution in [0.2, 0.25) is 0 Å². The van der Waals surface area contributed by atoms with E-state index in [1.54, 1.807) is 0 Å². The summed E-state index contributed by atoms with van der Waals surface area (Å²) in [5.74, 6) is 0.641. The monoisotopic (exact) mass is 612 g/mol. The van der Waals surface area contributed by atoms with Crippen LogP contribution in [0.1, 0.15) is 0 Å². The Morgan fingerprint density at radius 2 is 1.04 bits per heavy atom. The van der Waals surface area contributed by atoms with Crippen LogP contribution in [-0.2, 0) is 0 Å². The summed E-state index contributed by atoms with van der Waals surface area (Å²) in [4.78, 5) is 10.9. The van der Waals surface area contributed by atoms with Crippen LogP contribution in [0.3, 0.4) is 0 Å². The molecule has 4 heteroatoms. The van der Waals surface area contributed by atoms with Gasteiger partial charge in [0.2, 0.25) is 5.95 Å². The molecule has 3 aromatic heterocycles. The first-order valence-corrected chi connectivity index (χ1v) is 16.3. The molecule has 0 amide bonds. The van der Waals surface area contributed by atoms with Crippen molar-refractivity contribution in [2.24, 2.45) is 0 Å². The van der Waals surface area contributed by atoms with Gasteiger partial charge in [-0.2, -0.15) is 4.98 Å². The van der Waals surface area contributed by atoms with Crippen molar-refractivity contribution in [3.63, 3.8) is 0 Å². The van der Waals surface area contributed by atoms with E-state index in [2.05, 4.69) is 173 Å². The van der Waals surface area contributed by atoms with E-state index in [1.807, 2.05) is 6.07 Å². The zero-order chi connectivity index (χ0) is 31.6. The van der Waals surface area contributed by atoms with E-state index in [9.17, 15) is 0 Å². The highest BCUT2D eigenvalue weighted by Gasteiger charge is 2.22. The van der Waals surface area contributed by atoms with Gasteiger partial charge in [0, 0.05) is 33.6 Å². The highest BCUT2D eigenvalue weighted by atomic mass is 15.2. The molecule has 0 aliphatic rings.